The van der Waals surface area contributed by atoms with Gasteiger partial charge in [0.1, 0.15) is 0 Å². The third kappa shape index (κ3) is 8.25. The summed E-state index contributed by atoms with van der Waals surface area (Å²) in [5, 5.41) is 0. The second-order valence-corrected chi connectivity index (χ2v) is 4.33. The molecule has 0 aromatic carbocycles. The first-order valence-corrected chi connectivity index (χ1v) is 5.41. The lowest BCUT2D eigenvalue weighted by molar-refractivity contribution is 0.487. The Morgan fingerprint density at radius 3 is 2.00 bits per heavy atom. The van der Waals surface area contributed by atoms with Crippen molar-refractivity contribution in [2.45, 2.75) is 46.5 Å². The van der Waals surface area contributed by atoms with Crippen molar-refractivity contribution in [1.29, 1.82) is 0 Å². The Bertz CT molecular complexity index is 78.9. The van der Waals surface area contributed by atoms with Crippen molar-refractivity contribution in [3.05, 3.63) is 0 Å². The normalized spacial score (nSPS) is 13.9. The van der Waals surface area contributed by atoms with Crippen molar-refractivity contribution in [2.24, 2.45) is 11.8 Å². The van der Waals surface area contributed by atoms with Gasteiger partial charge >= 0.3 is 0 Å². The Labute approximate surface area is 77.2 Å². The van der Waals surface area contributed by atoms with Crippen LogP contribution < -0.4 is 0 Å². The van der Waals surface area contributed by atoms with E-state index in [2.05, 4.69) is 33.4 Å². The molecular weight excluding hydrogens is 152 g/mol. The monoisotopic (exact) mass is 174 g/mol. The summed E-state index contributed by atoms with van der Waals surface area (Å²) in [5.41, 5.74) is 0. The van der Waals surface area contributed by atoms with E-state index in [4.69, 9.17) is 0 Å². The summed E-state index contributed by atoms with van der Waals surface area (Å²) in [6.45, 7) is 6.87. The van der Waals surface area contributed by atoms with E-state index in [0.717, 1.165) is 17.6 Å². The van der Waals surface area contributed by atoms with Gasteiger partial charge in [0, 0.05) is 0 Å². The van der Waals surface area contributed by atoms with E-state index in [1.807, 2.05) is 0 Å². The average Bonchev–Trinajstić information content (AvgIpc) is 1.97. The first kappa shape index (κ1) is 11.4. The van der Waals surface area contributed by atoms with Gasteiger partial charge in [0.25, 0.3) is 0 Å². The van der Waals surface area contributed by atoms with Crippen LogP contribution in [0.1, 0.15) is 46.5 Å². The van der Waals surface area contributed by atoms with Crippen LogP contribution >= 0.6 is 12.6 Å². The average molecular weight is 174 g/mol. The lowest BCUT2D eigenvalue weighted by Crippen LogP contribution is -1.96. The maximum atomic E-state index is 4.26. The highest BCUT2D eigenvalue weighted by atomic mass is 32.1. The SMILES string of the molecule is CC(C)CCCCC(C)CS. The molecule has 0 N–H and O–H groups in total. The second-order valence-electron chi connectivity index (χ2n) is 3.97. The predicted octanol–water partition coefficient (Wildman–Crippen LogP) is 3.77. The van der Waals surface area contributed by atoms with E-state index in [9.17, 15) is 0 Å². The minimum atomic E-state index is 0.811. The first-order valence-electron chi connectivity index (χ1n) is 4.77. The summed E-state index contributed by atoms with van der Waals surface area (Å²) >= 11 is 4.26. The molecule has 0 heterocycles. The maximum absolute atomic E-state index is 4.26. The summed E-state index contributed by atoms with van der Waals surface area (Å²) in [4.78, 5) is 0. The van der Waals surface area contributed by atoms with Crippen LogP contribution in [0.3, 0.4) is 0 Å². The number of thiol groups is 1. The van der Waals surface area contributed by atoms with Crippen molar-refractivity contribution in [2.75, 3.05) is 5.75 Å². The molecule has 0 spiro atoms. The first-order chi connectivity index (χ1) is 5.16. The molecule has 0 saturated carbocycles. The van der Waals surface area contributed by atoms with Gasteiger partial charge in [0.2, 0.25) is 0 Å². The standard InChI is InChI=1S/C10H22S/c1-9(2)6-4-5-7-10(3)8-11/h9-11H,4-8H2,1-3H3. The van der Waals surface area contributed by atoms with Crippen LogP contribution in [0.4, 0.5) is 0 Å². The smallest absolute Gasteiger partial charge is 0.00721 e. The highest BCUT2D eigenvalue weighted by Gasteiger charge is 1.99. The van der Waals surface area contributed by atoms with Gasteiger partial charge in [-0.25, -0.2) is 0 Å². The van der Waals surface area contributed by atoms with Crippen molar-refractivity contribution in [3.8, 4) is 0 Å². The zero-order valence-corrected chi connectivity index (χ0v) is 9.03. The van der Waals surface area contributed by atoms with Crippen LogP contribution in [0.15, 0.2) is 0 Å². The van der Waals surface area contributed by atoms with E-state index in [1.54, 1.807) is 0 Å². The summed E-state index contributed by atoms with van der Waals surface area (Å²) in [5.74, 6) is 2.73. The summed E-state index contributed by atoms with van der Waals surface area (Å²) in [6, 6.07) is 0. The van der Waals surface area contributed by atoms with Gasteiger partial charge in [-0.15, -0.1) is 0 Å². The topological polar surface area (TPSA) is 0 Å². The molecule has 11 heavy (non-hydrogen) atoms. The zero-order chi connectivity index (χ0) is 8.69. The number of hydrogen-bond donors (Lipinski definition) is 1. The molecule has 68 valence electrons. The van der Waals surface area contributed by atoms with Gasteiger partial charge in [-0.3, -0.25) is 0 Å². The minimum absolute atomic E-state index is 0.811. The predicted molar refractivity (Wildman–Crippen MR) is 56.3 cm³/mol. The van der Waals surface area contributed by atoms with Crippen LogP contribution in [-0.4, -0.2) is 5.75 Å². The Kier molecular flexibility index (Phi) is 7.25. The van der Waals surface area contributed by atoms with Crippen molar-refractivity contribution in [3.63, 3.8) is 0 Å². The molecule has 0 nitrogen and oxygen atoms in total. The van der Waals surface area contributed by atoms with Gasteiger partial charge < -0.3 is 0 Å². The molecule has 0 radical (unpaired) electrons. The molecule has 0 fully saturated rings. The third-order valence-electron chi connectivity index (χ3n) is 2.04. The molecule has 1 heteroatoms. The lowest BCUT2D eigenvalue weighted by Gasteiger charge is -2.08. The van der Waals surface area contributed by atoms with Gasteiger partial charge in [-0.1, -0.05) is 40.0 Å². The number of unbranched alkanes of at least 4 members (excludes halogenated alkanes) is 1. The Balaban J connectivity index is 3.01. The largest absolute Gasteiger partial charge is 0.179 e. The van der Waals surface area contributed by atoms with Crippen LogP contribution in [0, 0.1) is 11.8 Å². The van der Waals surface area contributed by atoms with E-state index < -0.39 is 0 Å². The van der Waals surface area contributed by atoms with E-state index >= 15 is 0 Å². The van der Waals surface area contributed by atoms with Crippen LogP contribution in [-0.2, 0) is 0 Å². The molecule has 0 aliphatic rings. The Morgan fingerprint density at radius 1 is 1.00 bits per heavy atom. The van der Waals surface area contributed by atoms with Gasteiger partial charge in [-0.2, -0.15) is 12.6 Å². The highest BCUT2D eigenvalue weighted by molar-refractivity contribution is 7.80. The van der Waals surface area contributed by atoms with Gasteiger partial charge in [-0.05, 0) is 24.0 Å². The van der Waals surface area contributed by atoms with Crippen molar-refractivity contribution in [1.82, 2.24) is 0 Å². The molecule has 0 aromatic rings. The fourth-order valence-electron chi connectivity index (χ4n) is 1.14. The molecule has 1 unspecified atom stereocenters. The highest BCUT2D eigenvalue weighted by Crippen LogP contribution is 2.13. The van der Waals surface area contributed by atoms with Crippen LogP contribution in [0.25, 0.3) is 0 Å². The fraction of sp³-hybridized carbons (Fsp3) is 1.00. The van der Waals surface area contributed by atoms with E-state index in [-0.39, 0.29) is 0 Å². The second kappa shape index (κ2) is 7.02. The summed E-state index contributed by atoms with van der Waals surface area (Å²) in [7, 11) is 0. The van der Waals surface area contributed by atoms with E-state index in [1.165, 1.54) is 25.7 Å². The molecule has 0 saturated heterocycles. The summed E-state index contributed by atoms with van der Waals surface area (Å²) < 4.78 is 0. The fourth-order valence-corrected chi connectivity index (χ4v) is 1.32. The lowest BCUT2D eigenvalue weighted by atomic mass is 10.0. The number of hydrogen-bond acceptors (Lipinski definition) is 1. The molecule has 0 amide bonds. The molecule has 0 rings (SSSR count). The summed E-state index contributed by atoms with van der Waals surface area (Å²) in [6.07, 6.45) is 5.53. The number of rotatable bonds is 6. The zero-order valence-electron chi connectivity index (χ0n) is 8.14. The molecule has 1 atom stereocenters. The van der Waals surface area contributed by atoms with Crippen LogP contribution in [0.5, 0.6) is 0 Å². The third-order valence-corrected chi connectivity index (χ3v) is 2.66. The minimum Gasteiger partial charge on any atom is -0.179 e. The Morgan fingerprint density at radius 2 is 1.55 bits per heavy atom. The molecule has 0 aliphatic heterocycles. The van der Waals surface area contributed by atoms with Gasteiger partial charge in [0.05, 0.1) is 0 Å². The molecular formula is C10H22S. The van der Waals surface area contributed by atoms with Crippen LogP contribution in [0.2, 0.25) is 0 Å². The van der Waals surface area contributed by atoms with Crippen molar-refractivity contribution >= 4 is 12.6 Å². The van der Waals surface area contributed by atoms with Gasteiger partial charge in [0.15, 0.2) is 0 Å². The molecule has 0 bridgehead atoms. The van der Waals surface area contributed by atoms with E-state index in [0.29, 0.717) is 0 Å². The molecule has 0 aromatic heterocycles. The van der Waals surface area contributed by atoms with Crippen molar-refractivity contribution < 1.29 is 0 Å². The maximum Gasteiger partial charge on any atom is -0.00721 e. The molecule has 0 aliphatic carbocycles. The Hall–Kier alpha value is 0.350. The quantitative estimate of drug-likeness (QED) is 0.460.